The van der Waals surface area contributed by atoms with E-state index >= 15 is 0 Å². The van der Waals surface area contributed by atoms with Gasteiger partial charge in [-0.3, -0.25) is 14.5 Å². The lowest BCUT2D eigenvalue weighted by Crippen LogP contribution is -2.29. The van der Waals surface area contributed by atoms with Crippen molar-refractivity contribution in [2.45, 2.75) is 13.0 Å². The number of rotatable bonds is 3. The Hall–Kier alpha value is -3.77. The summed E-state index contributed by atoms with van der Waals surface area (Å²) in [7, 11) is 0. The van der Waals surface area contributed by atoms with Crippen LogP contribution in [0.5, 0.6) is 11.5 Å². The fourth-order valence-corrected chi connectivity index (χ4v) is 3.77. The van der Waals surface area contributed by atoms with Crippen LogP contribution in [0.4, 0.5) is 5.69 Å². The predicted octanol–water partition coefficient (Wildman–Crippen LogP) is 4.69. The molecule has 1 aliphatic heterocycles. The zero-order valence-corrected chi connectivity index (χ0v) is 17.2. The number of halogens is 1. The molecular weight excluding hydrogens is 418 g/mol. The van der Waals surface area contributed by atoms with E-state index in [1.54, 1.807) is 55.5 Å². The average Bonchev–Trinajstić information content (AvgIpc) is 3.01. The zero-order valence-electron chi connectivity index (χ0n) is 16.4. The molecule has 0 aliphatic carbocycles. The van der Waals surface area contributed by atoms with Gasteiger partial charge in [0.15, 0.2) is 0 Å². The number of aliphatic hydroxyl groups is 1. The number of aromatic hydroxyl groups is 2. The van der Waals surface area contributed by atoms with Gasteiger partial charge in [0.05, 0.1) is 17.3 Å². The zero-order chi connectivity index (χ0) is 22.3. The number of phenols is 2. The summed E-state index contributed by atoms with van der Waals surface area (Å²) in [6, 6.07) is 15.9. The average molecular weight is 436 g/mol. The summed E-state index contributed by atoms with van der Waals surface area (Å²) in [6.07, 6.45) is 0. The highest BCUT2D eigenvalue weighted by molar-refractivity contribution is 6.52. The second-order valence-electron chi connectivity index (χ2n) is 7.26. The molecule has 1 aliphatic rings. The maximum absolute atomic E-state index is 13.1. The van der Waals surface area contributed by atoms with Crippen molar-refractivity contribution >= 4 is 34.7 Å². The molecule has 0 saturated carbocycles. The van der Waals surface area contributed by atoms with Crippen molar-refractivity contribution in [3.8, 4) is 11.5 Å². The molecular formula is C24H18ClNO5. The van der Waals surface area contributed by atoms with E-state index in [1.165, 1.54) is 23.1 Å². The standard InChI is InChI=1S/C24H18ClNO5/c1-13-2-11-19(28)18(12-13)26-21(14-5-9-17(27)10-6-14)20(23(30)24(26)31)22(29)15-3-7-16(25)8-4-15/h2-12,21,27-29H,1H3/b22-20+. The number of carbonyl (C=O) groups is 2. The number of nitrogens with zero attached hydrogens (tertiary/aromatic N) is 1. The number of benzene rings is 3. The van der Waals surface area contributed by atoms with Crippen molar-refractivity contribution in [1.29, 1.82) is 0 Å². The maximum Gasteiger partial charge on any atom is 0.300 e. The Morgan fingerprint density at radius 1 is 0.935 bits per heavy atom. The molecule has 0 bridgehead atoms. The van der Waals surface area contributed by atoms with Crippen molar-refractivity contribution in [2.24, 2.45) is 0 Å². The van der Waals surface area contributed by atoms with Crippen LogP contribution in [0, 0.1) is 6.92 Å². The van der Waals surface area contributed by atoms with E-state index in [4.69, 9.17) is 11.6 Å². The van der Waals surface area contributed by atoms with Crippen LogP contribution in [0.25, 0.3) is 5.76 Å². The van der Waals surface area contributed by atoms with Gasteiger partial charge in [-0.2, -0.15) is 0 Å². The minimum atomic E-state index is -1.01. The summed E-state index contributed by atoms with van der Waals surface area (Å²) < 4.78 is 0. The fourth-order valence-electron chi connectivity index (χ4n) is 3.64. The molecule has 1 atom stereocenters. The van der Waals surface area contributed by atoms with E-state index in [-0.39, 0.29) is 28.5 Å². The number of hydrogen-bond donors (Lipinski definition) is 3. The van der Waals surface area contributed by atoms with Gasteiger partial charge in [0.1, 0.15) is 17.3 Å². The first-order valence-electron chi connectivity index (χ1n) is 9.43. The molecule has 31 heavy (non-hydrogen) atoms. The fraction of sp³-hybridized carbons (Fsp3) is 0.0833. The van der Waals surface area contributed by atoms with Gasteiger partial charge in [0, 0.05) is 10.6 Å². The van der Waals surface area contributed by atoms with E-state index in [2.05, 4.69) is 0 Å². The number of carbonyl (C=O) groups excluding carboxylic acids is 2. The molecule has 1 saturated heterocycles. The molecule has 6 nitrogen and oxygen atoms in total. The monoisotopic (exact) mass is 435 g/mol. The molecule has 1 amide bonds. The number of aryl methyl sites for hydroxylation is 1. The van der Waals surface area contributed by atoms with E-state index in [1.807, 2.05) is 0 Å². The van der Waals surface area contributed by atoms with Crippen LogP contribution < -0.4 is 4.90 Å². The second-order valence-corrected chi connectivity index (χ2v) is 7.70. The first-order chi connectivity index (χ1) is 14.8. The van der Waals surface area contributed by atoms with E-state index in [0.717, 1.165) is 5.56 Å². The Balaban J connectivity index is 1.97. The molecule has 0 aromatic heterocycles. The Morgan fingerprint density at radius 2 is 1.58 bits per heavy atom. The van der Waals surface area contributed by atoms with Gasteiger partial charge in [-0.25, -0.2) is 0 Å². The summed E-state index contributed by atoms with van der Waals surface area (Å²) in [5, 5.41) is 31.6. The summed E-state index contributed by atoms with van der Waals surface area (Å²) in [6.45, 7) is 1.79. The third-order valence-corrected chi connectivity index (χ3v) is 5.41. The number of amides is 1. The number of anilines is 1. The minimum Gasteiger partial charge on any atom is -0.508 e. The van der Waals surface area contributed by atoms with Crippen LogP contribution in [-0.2, 0) is 9.59 Å². The highest BCUT2D eigenvalue weighted by Gasteiger charge is 2.47. The normalized spacial score (nSPS) is 17.9. The Kier molecular flexibility index (Phi) is 5.17. The van der Waals surface area contributed by atoms with Gasteiger partial charge >= 0.3 is 0 Å². The van der Waals surface area contributed by atoms with Gasteiger partial charge in [0.2, 0.25) is 0 Å². The van der Waals surface area contributed by atoms with Crippen LogP contribution in [0.1, 0.15) is 22.7 Å². The van der Waals surface area contributed by atoms with Crippen molar-refractivity contribution < 1.29 is 24.9 Å². The number of phenolic OH excluding ortho intramolecular Hbond substituents is 2. The summed E-state index contributed by atoms with van der Waals surface area (Å²) >= 11 is 5.92. The maximum atomic E-state index is 13.1. The van der Waals surface area contributed by atoms with E-state index in [9.17, 15) is 24.9 Å². The Bertz CT molecular complexity index is 1220. The van der Waals surface area contributed by atoms with Crippen LogP contribution in [-0.4, -0.2) is 27.0 Å². The van der Waals surface area contributed by atoms with Crippen LogP contribution >= 0.6 is 11.6 Å². The van der Waals surface area contributed by atoms with Crippen LogP contribution in [0.2, 0.25) is 5.02 Å². The quantitative estimate of drug-likeness (QED) is 0.315. The van der Waals surface area contributed by atoms with Crippen molar-refractivity contribution in [3.05, 3.63) is 94.0 Å². The largest absolute Gasteiger partial charge is 0.508 e. The number of ketones is 1. The molecule has 3 aromatic rings. The highest BCUT2D eigenvalue weighted by atomic mass is 35.5. The third kappa shape index (κ3) is 3.62. The number of hydrogen-bond acceptors (Lipinski definition) is 5. The van der Waals surface area contributed by atoms with Crippen LogP contribution in [0.3, 0.4) is 0 Å². The molecule has 0 spiro atoms. The van der Waals surface area contributed by atoms with E-state index < -0.39 is 17.7 Å². The lowest BCUT2D eigenvalue weighted by atomic mass is 9.95. The van der Waals surface area contributed by atoms with Crippen LogP contribution in [0.15, 0.2) is 72.3 Å². The van der Waals surface area contributed by atoms with Crippen molar-refractivity contribution in [3.63, 3.8) is 0 Å². The minimum absolute atomic E-state index is 0.0109. The Labute approximate surface area is 183 Å². The molecule has 1 heterocycles. The van der Waals surface area contributed by atoms with Gasteiger partial charge in [-0.15, -0.1) is 0 Å². The number of aliphatic hydroxyl groups excluding tert-OH is 1. The predicted molar refractivity (Wildman–Crippen MR) is 117 cm³/mol. The molecule has 3 N–H and O–H groups in total. The molecule has 156 valence electrons. The van der Waals surface area contributed by atoms with Crippen molar-refractivity contribution in [2.75, 3.05) is 4.90 Å². The van der Waals surface area contributed by atoms with Gasteiger partial charge < -0.3 is 15.3 Å². The summed E-state index contributed by atoms with van der Waals surface area (Å²) in [5.74, 6) is -2.29. The van der Waals surface area contributed by atoms with Crippen molar-refractivity contribution in [1.82, 2.24) is 0 Å². The Morgan fingerprint density at radius 3 is 2.23 bits per heavy atom. The smallest absolute Gasteiger partial charge is 0.300 e. The topological polar surface area (TPSA) is 98.1 Å². The second kappa shape index (κ2) is 7.81. The van der Waals surface area contributed by atoms with E-state index in [0.29, 0.717) is 16.1 Å². The molecule has 4 rings (SSSR count). The van der Waals surface area contributed by atoms with Gasteiger partial charge in [-0.05, 0) is 66.6 Å². The lowest BCUT2D eigenvalue weighted by molar-refractivity contribution is -0.132. The molecule has 0 radical (unpaired) electrons. The summed E-state index contributed by atoms with van der Waals surface area (Å²) in [5.41, 5.74) is 1.60. The number of Topliss-reactive ketones (excluding diaryl/α,β-unsaturated/α-hetero) is 1. The third-order valence-electron chi connectivity index (χ3n) is 5.16. The molecule has 1 fully saturated rings. The molecule has 1 unspecified atom stereocenters. The van der Waals surface area contributed by atoms with Gasteiger partial charge in [-0.1, -0.05) is 29.8 Å². The first-order valence-corrected chi connectivity index (χ1v) is 9.81. The SMILES string of the molecule is Cc1ccc(O)c(N2C(=O)C(=O)/C(=C(/O)c3ccc(Cl)cc3)C2c2ccc(O)cc2)c1. The highest BCUT2D eigenvalue weighted by Crippen LogP contribution is 2.45. The lowest BCUT2D eigenvalue weighted by Gasteiger charge is -2.26. The van der Waals surface area contributed by atoms with Gasteiger partial charge in [0.25, 0.3) is 11.7 Å². The molecule has 3 aromatic carbocycles. The molecule has 7 heteroatoms. The first kappa shape index (κ1) is 20.5. The summed E-state index contributed by atoms with van der Waals surface area (Å²) in [4.78, 5) is 27.3.